The minimum atomic E-state index is 0.0198. The summed E-state index contributed by atoms with van der Waals surface area (Å²) in [7, 11) is 0. The van der Waals surface area contributed by atoms with Gasteiger partial charge < -0.3 is 14.5 Å². The molecule has 1 aromatic carbocycles. The molecular formula is C17H21NO3. The lowest BCUT2D eigenvalue weighted by atomic mass is 10.0. The fourth-order valence-electron chi connectivity index (χ4n) is 2.74. The number of rotatable bonds is 4. The predicted octanol–water partition coefficient (Wildman–Crippen LogP) is 2.89. The van der Waals surface area contributed by atoms with Crippen LogP contribution in [0.2, 0.25) is 0 Å². The Morgan fingerprint density at radius 1 is 1.33 bits per heavy atom. The Bertz CT molecular complexity index is 653. The molecule has 2 aromatic rings. The number of benzene rings is 1. The maximum Gasteiger partial charge on any atom is 0.224 e. The van der Waals surface area contributed by atoms with E-state index in [0.717, 1.165) is 36.0 Å². The van der Waals surface area contributed by atoms with Crippen molar-refractivity contribution in [1.29, 1.82) is 0 Å². The van der Waals surface area contributed by atoms with Crippen LogP contribution in [-0.2, 0) is 16.0 Å². The second-order valence-corrected chi connectivity index (χ2v) is 5.81. The summed E-state index contributed by atoms with van der Waals surface area (Å²) < 4.78 is 11.1. The number of nitrogens with one attached hydrogen (secondary N) is 1. The van der Waals surface area contributed by atoms with Crippen LogP contribution in [0, 0.1) is 13.8 Å². The summed E-state index contributed by atoms with van der Waals surface area (Å²) in [6.07, 6.45) is 4.34. The molecule has 21 heavy (non-hydrogen) atoms. The van der Waals surface area contributed by atoms with Crippen LogP contribution in [0.3, 0.4) is 0 Å². The number of furan rings is 1. The van der Waals surface area contributed by atoms with E-state index in [-0.39, 0.29) is 12.0 Å². The van der Waals surface area contributed by atoms with Crippen molar-refractivity contribution in [1.82, 2.24) is 5.32 Å². The molecule has 0 bridgehead atoms. The van der Waals surface area contributed by atoms with Gasteiger partial charge in [-0.3, -0.25) is 4.79 Å². The lowest BCUT2D eigenvalue weighted by Crippen LogP contribution is -2.32. The van der Waals surface area contributed by atoms with Crippen molar-refractivity contribution in [2.45, 2.75) is 39.2 Å². The van der Waals surface area contributed by atoms with Gasteiger partial charge >= 0.3 is 0 Å². The Labute approximate surface area is 124 Å². The van der Waals surface area contributed by atoms with Crippen LogP contribution in [0.15, 0.2) is 22.8 Å². The summed E-state index contributed by atoms with van der Waals surface area (Å²) in [6.45, 7) is 5.55. The third kappa shape index (κ3) is 3.10. The predicted molar refractivity (Wildman–Crippen MR) is 81.4 cm³/mol. The van der Waals surface area contributed by atoms with Crippen molar-refractivity contribution in [2.24, 2.45) is 0 Å². The third-order valence-corrected chi connectivity index (χ3v) is 4.17. The normalized spacial score (nSPS) is 18.3. The molecule has 4 nitrogen and oxygen atoms in total. The van der Waals surface area contributed by atoms with E-state index in [2.05, 4.69) is 25.2 Å². The van der Waals surface area contributed by atoms with E-state index < -0.39 is 0 Å². The zero-order valence-electron chi connectivity index (χ0n) is 12.6. The Morgan fingerprint density at radius 3 is 2.90 bits per heavy atom. The first-order chi connectivity index (χ1) is 10.1. The van der Waals surface area contributed by atoms with Crippen molar-refractivity contribution in [3.05, 3.63) is 35.1 Å². The Balaban J connectivity index is 1.66. The van der Waals surface area contributed by atoms with Crippen LogP contribution >= 0.6 is 0 Å². The van der Waals surface area contributed by atoms with Crippen molar-refractivity contribution >= 4 is 16.9 Å². The quantitative estimate of drug-likeness (QED) is 0.940. The Kier molecular flexibility index (Phi) is 3.97. The largest absolute Gasteiger partial charge is 0.464 e. The van der Waals surface area contributed by atoms with Crippen LogP contribution in [0.5, 0.6) is 0 Å². The molecule has 1 aromatic heterocycles. The van der Waals surface area contributed by atoms with Gasteiger partial charge in [0.2, 0.25) is 5.91 Å². The Morgan fingerprint density at radius 2 is 2.14 bits per heavy atom. The van der Waals surface area contributed by atoms with Crippen LogP contribution in [0.25, 0.3) is 11.0 Å². The summed E-state index contributed by atoms with van der Waals surface area (Å²) in [6, 6.07) is 4.12. The molecule has 0 spiro atoms. The van der Waals surface area contributed by atoms with Gasteiger partial charge in [0.25, 0.3) is 0 Å². The topological polar surface area (TPSA) is 51.5 Å². The van der Waals surface area contributed by atoms with E-state index in [1.807, 2.05) is 6.07 Å². The second-order valence-electron chi connectivity index (χ2n) is 5.81. The average Bonchev–Trinajstić information content (AvgIpc) is 3.09. The highest BCUT2D eigenvalue weighted by Gasteiger charge is 2.17. The molecule has 0 unspecified atom stereocenters. The molecule has 112 valence electrons. The molecule has 1 N–H and O–H groups in total. The third-order valence-electron chi connectivity index (χ3n) is 4.17. The summed E-state index contributed by atoms with van der Waals surface area (Å²) in [4.78, 5) is 12.1. The van der Waals surface area contributed by atoms with E-state index in [1.165, 1.54) is 11.1 Å². The van der Waals surface area contributed by atoms with Gasteiger partial charge in [-0.05, 0) is 49.9 Å². The molecule has 0 aliphatic carbocycles. The Hall–Kier alpha value is -1.81. The molecule has 4 heteroatoms. The first-order valence-electron chi connectivity index (χ1n) is 7.49. The van der Waals surface area contributed by atoms with Crippen LogP contribution < -0.4 is 5.32 Å². The van der Waals surface area contributed by atoms with Crippen LogP contribution in [0.4, 0.5) is 0 Å². The fraction of sp³-hybridized carbons (Fsp3) is 0.471. The van der Waals surface area contributed by atoms with Gasteiger partial charge in [0.15, 0.2) is 0 Å². The van der Waals surface area contributed by atoms with Gasteiger partial charge in [-0.15, -0.1) is 0 Å². The molecule has 1 aliphatic rings. The maximum atomic E-state index is 12.1. The van der Waals surface area contributed by atoms with Crippen LogP contribution in [0.1, 0.15) is 29.5 Å². The van der Waals surface area contributed by atoms with Crippen molar-refractivity contribution in [3.8, 4) is 0 Å². The molecule has 1 aliphatic heterocycles. The highest BCUT2D eigenvalue weighted by molar-refractivity contribution is 5.88. The second kappa shape index (κ2) is 5.90. The molecule has 1 atom stereocenters. The molecule has 1 amide bonds. The smallest absolute Gasteiger partial charge is 0.224 e. The van der Waals surface area contributed by atoms with Crippen molar-refractivity contribution < 1.29 is 13.9 Å². The first kappa shape index (κ1) is 14.1. The number of hydrogen-bond acceptors (Lipinski definition) is 3. The summed E-state index contributed by atoms with van der Waals surface area (Å²) >= 11 is 0. The standard InChI is InChI=1S/C17H21NO3/c1-11-6-15-13(10-21-16(15)7-12(11)2)8-17(19)18-9-14-4-3-5-20-14/h6-7,10,14H,3-5,8-9H2,1-2H3,(H,18,19)/t14-/m0/s1. The van der Waals surface area contributed by atoms with Crippen molar-refractivity contribution in [3.63, 3.8) is 0 Å². The molecular weight excluding hydrogens is 266 g/mol. The minimum Gasteiger partial charge on any atom is -0.464 e. The van der Waals surface area contributed by atoms with Gasteiger partial charge in [0, 0.05) is 24.1 Å². The monoisotopic (exact) mass is 287 g/mol. The van der Waals surface area contributed by atoms with Crippen LogP contribution in [-0.4, -0.2) is 25.2 Å². The molecule has 0 radical (unpaired) electrons. The molecule has 1 fully saturated rings. The highest BCUT2D eigenvalue weighted by atomic mass is 16.5. The molecule has 1 saturated heterocycles. The van der Waals surface area contributed by atoms with Gasteiger partial charge in [0.05, 0.1) is 18.8 Å². The molecule has 0 saturated carbocycles. The van der Waals surface area contributed by atoms with Crippen molar-refractivity contribution in [2.75, 3.05) is 13.2 Å². The lowest BCUT2D eigenvalue weighted by molar-refractivity contribution is -0.120. The van der Waals surface area contributed by atoms with E-state index in [1.54, 1.807) is 6.26 Å². The SMILES string of the molecule is Cc1cc2occ(CC(=O)NC[C@@H]3CCCO3)c2cc1C. The van der Waals surface area contributed by atoms with E-state index in [0.29, 0.717) is 13.0 Å². The number of fused-ring (bicyclic) bond motifs is 1. The van der Waals surface area contributed by atoms with Gasteiger partial charge in [-0.25, -0.2) is 0 Å². The number of ether oxygens (including phenoxy) is 1. The molecule has 3 rings (SSSR count). The van der Waals surface area contributed by atoms with E-state index in [4.69, 9.17) is 9.15 Å². The molecule has 2 heterocycles. The minimum absolute atomic E-state index is 0.0198. The van der Waals surface area contributed by atoms with Gasteiger partial charge in [-0.2, -0.15) is 0 Å². The first-order valence-corrected chi connectivity index (χ1v) is 7.49. The van der Waals surface area contributed by atoms with Gasteiger partial charge in [-0.1, -0.05) is 0 Å². The summed E-state index contributed by atoms with van der Waals surface area (Å²) in [5.41, 5.74) is 4.20. The average molecular weight is 287 g/mol. The zero-order chi connectivity index (χ0) is 14.8. The van der Waals surface area contributed by atoms with E-state index in [9.17, 15) is 4.79 Å². The number of aryl methyl sites for hydroxylation is 2. The fourth-order valence-corrected chi connectivity index (χ4v) is 2.74. The van der Waals surface area contributed by atoms with Gasteiger partial charge in [0.1, 0.15) is 5.58 Å². The zero-order valence-corrected chi connectivity index (χ0v) is 12.6. The lowest BCUT2D eigenvalue weighted by Gasteiger charge is -2.10. The number of carbonyl (C=O) groups is 1. The summed E-state index contributed by atoms with van der Waals surface area (Å²) in [5.74, 6) is 0.0198. The highest BCUT2D eigenvalue weighted by Crippen LogP contribution is 2.25. The number of amides is 1. The number of carbonyl (C=O) groups excluding carboxylic acids is 1. The number of hydrogen-bond donors (Lipinski definition) is 1. The van der Waals surface area contributed by atoms with E-state index >= 15 is 0 Å². The maximum absolute atomic E-state index is 12.1. The summed E-state index contributed by atoms with van der Waals surface area (Å²) in [5, 5.41) is 3.98.